The number of Topliss-reactive ketones (excluding diaryl/α,β-unsaturated/α-hetero) is 3. The van der Waals surface area contributed by atoms with Gasteiger partial charge >= 0.3 is 12.1 Å². The number of anilines is 1. The van der Waals surface area contributed by atoms with Crippen molar-refractivity contribution in [2.24, 2.45) is 47.2 Å². The van der Waals surface area contributed by atoms with E-state index in [1.165, 1.54) is 17.5 Å². The fourth-order valence-corrected chi connectivity index (χ4v) is 15.0. The molecule has 0 spiro atoms. The zero-order valence-corrected chi connectivity index (χ0v) is 61.3. The Labute approximate surface area is 581 Å². The van der Waals surface area contributed by atoms with Gasteiger partial charge in [0.05, 0.1) is 48.5 Å². The number of imide groups is 1. The maximum Gasteiger partial charge on any atom is 0.410 e. The van der Waals surface area contributed by atoms with E-state index in [1.807, 2.05) is 57.7 Å². The van der Waals surface area contributed by atoms with Crippen molar-refractivity contribution in [2.75, 3.05) is 59.8 Å². The molecular formula is C74H116N8O14S. The molecule has 0 bridgehead atoms. The van der Waals surface area contributed by atoms with Gasteiger partial charge in [-0.2, -0.15) is 0 Å². The Kier molecular flexibility index (Phi) is 36.1. The van der Waals surface area contributed by atoms with Crippen LogP contribution in [0.25, 0.3) is 0 Å². The van der Waals surface area contributed by atoms with Gasteiger partial charge in [0.25, 0.3) is 0 Å². The summed E-state index contributed by atoms with van der Waals surface area (Å²) >= 11 is 1.56. The zero-order valence-electron chi connectivity index (χ0n) is 60.5. The molecule has 5 N–H and O–H groups in total. The number of aryl methyl sites for hydroxylation is 1. The number of likely N-dealkylation sites (N-methyl/N-ethyl adjacent to an activating group) is 2. The predicted octanol–water partition coefficient (Wildman–Crippen LogP) is 10.3. The molecule has 2 fully saturated rings. The van der Waals surface area contributed by atoms with Gasteiger partial charge in [0.2, 0.25) is 35.4 Å². The normalized spacial score (nSPS) is 17.9. The molecule has 2 saturated heterocycles. The smallest absolute Gasteiger partial charge is 0.410 e. The van der Waals surface area contributed by atoms with Crippen LogP contribution in [0.4, 0.5) is 15.3 Å². The predicted molar refractivity (Wildman–Crippen MR) is 378 cm³/mol. The Hall–Kier alpha value is -6.72. The number of ketones is 3. The fourth-order valence-electron chi connectivity index (χ4n) is 13.4. The topological polar surface area (TPSA) is 291 Å². The lowest BCUT2D eigenvalue weighted by atomic mass is 9.84. The number of rotatable bonds is 45. The quantitative estimate of drug-likeness (QED) is 0.0354. The molecule has 12 atom stereocenters. The number of primary amides is 1. The molecule has 22 nitrogen and oxygen atoms in total. The van der Waals surface area contributed by atoms with Gasteiger partial charge in [0.15, 0.2) is 11.6 Å². The van der Waals surface area contributed by atoms with E-state index in [0.717, 1.165) is 24.2 Å². The Morgan fingerprint density at radius 1 is 0.763 bits per heavy atom. The molecule has 0 radical (unpaired) electrons. The summed E-state index contributed by atoms with van der Waals surface area (Å²) in [6.45, 7) is 20.2. The zero-order chi connectivity index (χ0) is 72.1. The van der Waals surface area contributed by atoms with Crippen LogP contribution in [0.1, 0.15) is 190 Å². The number of hydrogen-bond acceptors (Lipinski definition) is 15. The molecule has 0 aliphatic carbocycles. The van der Waals surface area contributed by atoms with Gasteiger partial charge in [0.1, 0.15) is 12.4 Å². The number of hydrogen-bond donors (Lipinski definition) is 4. The number of thioether (sulfide) groups is 1. The molecule has 0 aromatic heterocycles. The van der Waals surface area contributed by atoms with Crippen molar-refractivity contribution in [2.45, 2.75) is 232 Å². The highest BCUT2D eigenvalue weighted by Crippen LogP contribution is 2.34. The van der Waals surface area contributed by atoms with Crippen LogP contribution in [0, 0.1) is 41.4 Å². The van der Waals surface area contributed by atoms with Crippen LogP contribution in [0.15, 0.2) is 54.6 Å². The maximum atomic E-state index is 14.8. The largest absolute Gasteiger partial charge is 0.445 e. The van der Waals surface area contributed by atoms with Crippen LogP contribution < -0.4 is 21.7 Å². The Morgan fingerprint density at radius 3 is 2.06 bits per heavy atom. The lowest BCUT2D eigenvalue weighted by Gasteiger charge is -2.41. The van der Waals surface area contributed by atoms with Gasteiger partial charge in [-0.15, -0.1) is 11.8 Å². The minimum atomic E-state index is -0.883. The van der Waals surface area contributed by atoms with E-state index in [9.17, 15) is 52.7 Å². The monoisotopic (exact) mass is 1370 g/mol. The minimum Gasteiger partial charge on any atom is -0.445 e. The molecule has 542 valence electrons. The summed E-state index contributed by atoms with van der Waals surface area (Å²) in [7, 11) is 6.28. The molecule has 2 heterocycles. The number of ether oxygens (including phenoxy) is 3. The summed E-state index contributed by atoms with van der Waals surface area (Å²) in [5.74, 6) is -4.26. The highest BCUT2D eigenvalue weighted by atomic mass is 32.2. The number of urea groups is 1. The van der Waals surface area contributed by atoms with Crippen molar-refractivity contribution >= 4 is 82.4 Å². The molecule has 4 rings (SSSR count). The van der Waals surface area contributed by atoms with Crippen molar-refractivity contribution in [1.29, 1.82) is 0 Å². The Balaban J connectivity index is 1.30. The van der Waals surface area contributed by atoms with E-state index in [1.54, 1.807) is 76.0 Å². The molecule has 2 aromatic carbocycles. The maximum absolute atomic E-state index is 14.8. The van der Waals surface area contributed by atoms with Crippen molar-refractivity contribution in [1.82, 2.24) is 30.2 Å². The molecular weight excluding hydrogens is 1260 g/mol. The van der Waals surface area contributed by atoms with Crippen LogP contribution in [0.5, 0.6) is 0 Å². The first kappa shape index (κ1) is 82.7. The number of unbranched alkanes of at least 4 members (excludes halogenated alkanes) is 2. The third kappa shape index (κ3) is 26.8. The standard InChI is InChI=1S/C74H116N8O14S/c1-15-49(7)58(71(90)80(12)68(50(8)16-2)62(94-13)43-65(87)81-39-25-30-59(81)69(95-14)52(10)60(84)31-23-28-53-26-19-17-20-27-53)42-57(83)45-79(11)74(93)96-46-54-33-35-56(36-34-54)77-70(89)55(29-24-37-76-73(75)92)41-61(85)67(48(5)6)78-64(86)32-21-18-22-38-82-66(88)44-63(72(82)91)97-51(9)40-47(3)4/h17,19-20,26-27,33-36,47-52,55,58-59,62-63,67-69H,15-16,18,21-25,28-32,37-46H2,1-14H3,(H,77,89)(H,78,86)(H3,75,76,92)/t49?,50-,51?,52-,55+,58-,59-,62+,63?,67-,68-,69+/m0/s1. The molecule has 0 saturated carbocycles. The molecule has 2 aliphatic heterocycles. The molecule has 9 amide bonds. The van der Waals surface area contributed by atoms with E-state index < -0.39 is 60.1 Å². The van der Waals surface area contributed by atoms with Crippen molar-refractivity contribution in [3.8, 4) is 0 Å². The molecule has 2 aromatic rings. The van der Waals surface area contributed by atoms with E-state index >= 15 is 0 Å². The van der Waals surface area contributed by atoms with Crippen LogP contribution in [0.2, 0.25) is 0 Å². The number of likely N-dealkylation sites (tertiary alicyclic amines) is 2. The van der Waals surface area contributed by atoms with E-state index in [0.29, 0.717) is 88.0 Å². The van der Waals surface area contributed by atoms with E-state index in [4.69, 9.17) is 19.9 Å². The summed E-state index contributed by atoms with van der Waals surface area (Å²) in [6, 6.07) is 14.2. The minimum absolute atomic E-state index is 0.00949. The molecule has 97 heavy (non-hydrogen) atoms. The highest BCUT2D eigenvalue weighted by Gasteiger charge is 2.44. The van der Waals surface area contributed by atoms with Crippen LogP contribution in [0.3, 0.4) is 0 Å². The summed E-state index contributed by atoms with van der Waals surface area (Å²) in [6.07, 6.45) is 5.78. The van der Waals surface area contributed by atoms with Crippen LogP contribution in [-0.4, -0.2) is 180 Å². The van der Waals surface area contributed by atoms with E-state index in [-0.39, 0.29) is 139 Å². The van der Waals surface area contributed by atoms with Gasteiger partial charge in [-0.05, 0) is 105 Å². The number of methoxy groups -OCH3 is 2. The second kappa shape index (κ2) is 42.3. The molecule has 3 unspecified atom stereocenters. The van der Waals surface area contributed by atoms with Crippen molar-refractivity contribution in [3.63, 3.8) is 0 Å². The van der Waals surface area contributed by atoms with Gasteiger partial charge in [-0.1, -0.05) is 131 Å². The van der Waals surface area contributed by atoms with Crippen molar-refractivity contribution < 1.29 is 67.0 Å². The summed E-state index contributed by atoms with van der Waals surface area (Å²) in [5.41, 5.74) is 7.42. The Morgan fingerprint density at radius 2 is 1.44 bits per heavy atom. The molecule has 23 heteroatoms. The highest BCUT2D eigenvalue weighted by molar-refractivity contribution is 8.01. The van der Waals surface area contributed by atoms with Crippen molar-refractivity contribution in [3.05, 3.63) is 65.7 Å². The lowest BCUT2D eigenvalue weighted by Crippen LogP contribution is -2.54. The SMILES string of the molecule is CCC(C)[C@H](CC(=O)CN(C)C(=O)OCc1ccc(NC(=O)[C@H](CCCNC(N)=O)CC(=O)[C@@H](NC(=O)CCCCCN2C(=O)CC(SC(C)CC(C)C)C2=O)C(C)C)cc1)C(=O)N(C)[C@@H]([C@@H](C)CC)[C@@H](CC(=O)N1CCC[C@H]1[C@H](OC)[C@@H](C)C(=O)CCCc1ccccc1)OC. The number of nitrogens with two attached hydrogens (primary N) is 1. The number of carbonyl (C=O) groups excluding carboxylic acids is 11. The van der Waals surface area contributed by atoms with Gasteiger partial charge in [-0.3, -0.25) is 48.1 Å². The average molecular weight is 1370 g/mol. The number of nitrogens with one attached hydrogen (secondary N) is 3. The first-order chi connectivity index (χ1) is 46.0. The number of carbonyl (C=O) groups is 11. The third-order valence-electron chi connectivity index (χ3n) is 19.4. The van der Waals surface area contributed by atoms with Crippen LogP contribution >= 0.6 is 11.8 Å². The first-order valence-corrected chi connectivity index (χ1v) is 36.3. The second-order valence-electron chi connectivity index (χ2n) is 27.8. The lowest BCUT2D eigenvalue weighted by molar-refractivity contribution is -0.149. The average Bonchev–Trinajstić information content (AvgIpc) is 1.46. The summed E-state index contributed by atoms with van der Waals surface area (Å²) < 4.78 is 17.7. The number of benzene rings is 2. The fraction of sp³-hybridized carbons (Fsp3) is 0.689. The third-order valence-corrected chi connectivity index (χ3v) is 20.7. The summed E-state index contributed by atoms with van der Waals surface area (Å²) in [5, 5.41) is 8.15. The Bertz CT molecular complexity index is 2880. The van der Waals surface area contributed by atoms with Gasteiger partial charge < -0.3 is 50.6 Å². The summed E-state index contributed by atoms with van der Waals surface area (Å²) in [4.78, 5) is 154. The second-order valence-corrected chi connectivity index (χ2v) is 29.4. The van der Waals surface area contributed by atoms with Crippen LogP contribution in [-0.2, 0) is 70.4 Å². The molecule has 2 aliphatic rings. The van der Waals surface area contributed by atoms with Gasteiger partial charge in [0, 0.05) is 109 Å². The van der Waals surface area contributed by atoms with Gasteiger partial charge in [-0.25, -0.2) is 9.59 Å². The van der Waals surface area contributed by atoms with E-state index in [2.05, 4.69) is 48.9 Å². The first-order valence-electron chi connectivity index (χ1n) is 35.4. The number of nitrogens with zero attached hydrogens (tertiary/aromatic N) is 4. The number of amides is 9.